The van der Waals surface area contributed by atoms with E-state index < -0.39 is 0 Å². The van der Waals surface area contributed by atoms with E-state index in [2.05, 4.69) is 5.32 Å². The monoisotopic (exact) mass is 352 g/mol. The highest BCUT2D eigenvalue weighted by Crippen LogP contribution is 2.18. The molecule has 1 saturated heterocycles. The van der Waals surface area contributed by atoms with Crippen LogP contribution in [0.1, 0.15) is 24.5 Å². The molecule has 3 rings (SSSR count). The molecule has 0 unspecified atom stereocenters. The Balaban J connectivity index is 1.64. The van der Waals surface area contributed by atoms with Crippen LogP contribution in [0.15, 0.2) is 60.3 Å². The number of thiocarbonyl (C=S) groups is 1. The van der Waals surface area contributed by atoms with Gasteiger partial charge in [-0.1, -0.05) is 49.4 Å². The fourth-order valence-electron chi connectivity index (χ4n) is 2.57. The van der Waals surface area contributed by atoms with Crippen LogP contribution in [0.3, 0.4) is 0 Å². The minimum Gasteiger partial charge on any atom is -0.489 e. The number of nitrogens with one attached hydrogen (secondary N) is 1. The Hall–Kier alpha value is -2.66. The summed E-state index contributed by atoms with van der Waals surface area (Å²) in [7, 11) is 0. The van der Waals surface area contributed by atoms with Crippen LogP contribution in [0.5, 0.6) is 5.75 Å². The molecule has 5 heteroatoms. The Kier molecular flexibility index (Phi) is 5.46. The van der Waals surface area contributed by atoms with Gasteiger partial charge in [0.2, 0.25) is 0 Å². The van der Waals surface area contributed by atoms with Crippen LogP contribution in [-0.4, -0.2) is 22.5 Å². The largest absolute Gasteiger partial charge is 0.489 e. The van der Waals surface area contributed by atoms with Crippen molar-refractivity contribution in [2.45, 2.75) is 20.0 Å². The topological polar surface area (TPSA) is 41.6 Å². The van der Waals surface area contributed by atoms with E-state index in [1.54, 1.807) is 4.90 Å². The van der Waals surface area contributed by atoms with E-state index in [-0.39, 0.29) is 5.91 Å². The summed E-state index contributed by atoms with van der Waals surface area (Å²) in [6.07, 6.45) is 2.68. The van der Waals surface area contributed by atoms with E-state index in [0.29, 0.717) is 24.0 Å². The van der Waals surface area contributed by atoms with Crippen LogP contribution in [0.25, 0.3) is 6.08 Å². The molecule has 128 valence electrons. The van der Waals surface area contributed by atoms with Gasteiger partial charge in [0.25, 0.3) is 5.91 Å². The van der Waals surface area contributed by atoms with Crippen molar-refractivity contribution in [3.63, 3.8) is 0 Å². The Bertz CT molecular complexity index is 785. The van der Waals surface area contributed by atoms with Crippen molar-refractivity contribution in [3.8, 4) is 5.75 Å². The molecule has 1 fully saturated rings. The van der Waals surface area contributed by atoms with Crippen LogP contribution in [0.2, 0.25) is 0 Å². The molecule has 0 aromatic heterocycles. The fraction of sp³-hybridized carbons (Fsp3) is 0.200. The molecule has 1 aliphatic rings. The molecule has 25 heavy (non-hydrogen) atoms. The normalized spacial score (nSPS) is 15.6. The lowest BCUT2D eigenvalue weighted by Crippen LogP contribution is -2.31. The molecule has 0 radical (unpaired) electrons. The van der Waals surface area contributed by atoms with E-state index in [1.165, 1.54) is 0 Å². The van der Waals surface area contributed by atoms with Crippen molar-refractivity contribution in [2.24, 2.45) is 0 Å². The number of nitrogens with zero attached hydrogens (tertiary/aromatic N) is 1. The Morgan fingerprint density at radius 2 is 1.84 bits per heavy atom. The quantitative estimate of drug-likeness (QED) is 0.635. The minimum atomic E-state index is -0.0729. The SMILES string of the molecule is CCCN1C(=O)C(=Cc2ccc(OCc3ccccc3)cc2)NC1=S. The van der Waals surface area contributed by atoms with Gasteiger partial charge >= 0.3 is 0 Å². The number of rotatable bonds is 6. The third-order valence-corrected chi connectivity index (χ3v) is 4.17. The fourth-order valence-corrected chi connectivity index (χ4v) is 2.85. The number of hydrogen-bond acceptors (Lipinski definition) is 3. The van der Waals surface area contributed by atoms with Crippen LogP contribution < -0.4 is 10.1 Å². The molecular formula is C20H20N2O2S. The molecule has 1 amide bonds. The highest BCUT2D eigenvalue weighted by atomic mass is 32.1. The summed E-state index contributed by atoms with van der Waals surface area (Å²) in [6, 6.07) is 17.7. The average molecular weight is 352 g/mol. The van der Waals surface area contributed by atoms with Gasteiger partial charge in [-0.25, -0.2) is 0 Å². The lowest BCUT2D eigenvalue weighted by Gasteiger charge is -2.11. The lowest BCUT2D eigenvalue weighted by molar-refractivity contribution is -0.122. The zero-order chi connectivity index (χ0) is 17.6. The molecule has 2 aromatic rings. The lowest BCUT2D eigenvalue weighted by atomic mass is 10.2. The first kappa shape index (κ1) is 17.2. The maximum atomic E-state index is 12.3. The summed E-state index contributed by atoms with van der Waals surface area (Å²) < 4.78 is 5.77. The van der Waals surface area contributed by atoms with E-state index in [9.17, 15) is 4.79 Å². The number of amides is 1. The van der Waals surface area contributed by atoms with Crippen molar-refractivity contribution in [3.05, 3.63) is 71.4 Å². The van der Waals surface area contributed by atoms with Gasteiger partial charge < -0.3 is 10.1 Å². The van der Waals surface area contributed by atoms with Crippen LogP contribution in [-0.2, 0) is 11.4 Å². The standard InChI is InChI=1S/C20H20N2O2S/c1-2-12-22-19(23)18(21-20(22)25)13-15-8-10-17(11-9-15)24-14-16-6-4-3-5-7-16/h3-11,13H,2,12,14H2,1H3,(H,21,25). The van der Waals surface area contributed by atoms with Crippen LogP contribution >= 0.6 is 12.2 Å². The highest BCUT2D eigenvalue weighted by molar-refractivity contribution is 7.80. The van der Waals surface area contributed by atoms with Gasteiger partial charge in [0.1, 0.15) is 18.1 Å². The molecule has 0 bridgehead atoms. The summed E-state index contributed by atoms with van der Waals surface area (Å²) in [5.74, 6) is 0.719. The second kappa shape index (κ2) is 7.94. The van der Waals surface area contributed by atoms with Crippen molar-refractivity contribution in [1.29, 1.82) is 0 Å². The molecular weight excluding hydrogens is 332 g/mol. The number of ether oxygens (including phenoxy) is 1. The maximum absolute atomic E-state index is 12.3. The van der Waals surface area contributed by atoms with Gasteiger partial charge in [0.05, 0.1) is 0 Å². The molecule has 0 aliphatic carbocycles. The molecule has 2 aromatic carbocycles. The minimum absolute atomic E-state index is 0.0729. The van der Waals surface area contributed by atoms with Gasteiger partial charge in [0.15, 0.2) is 5.11 Å². The summed E-state index contributed by atoms with van der Waals surface area (Å²) in [5.41, 5.74) is 2.56. The van der Waals surface area contributed by atoms with Crippen molar-refractivity contribution >= 4 is 29.3 Å². The Morgan fingerprint density at radius 1 is 1.12 bits per heavy atom. The van der Waals surface area contributed by atoms with Gasteiger partial charge in [-0.3, -0.25) is 9.69 Å². The number of hydrogen-bond donors (Lipinski definition) is 1. The number of benzene rings is 2. The Labute approximate surface area is 153 Å². The summed E-state index contributed by atoms with van der Waals surface area (Å²) in [4.78, 5) is 13.9. The average Bonchev–Trinajstić information content (AvgIpc) is 2.90. The third-order valence-electron chi connectivity index (χ3n) is 3.85. The van der Waals surface area contributed by atoms with Gasteiger partial charge in [-0.05, 0) is 48.0 Å². The van der Waals surface area contributed by atoms with E-state index in [0.717, 1.165) is 23.3 Å². The van der Waals surface area contributed by atoms with Crippen molar-refractivity contribution < 1.29 is 9.53 Å². The number of carbonyl (C=O) groups excluding carboxylic acids is 1. The van der Waals surface area contributed by atoms with Gasteiger partial charge in [-0.15, -0.1) is 0 Å². The Morgan fingerprint density at radius 3 is 2.52 bits per heavy atom. The third kappa shape index (κ3) is 4.25. The molecule has 1 heterocycles. The molecule has 0 spiro atoms. The van der Waals surface area contributed by atoms with Gasteiger partial charge in [0, 0.05) is 6.54 Å². The smallest absolute Gasteiger partial charge is 0.276 e. The molecule has 1 aliphatic heterocycles. The molecule has 0 atom stereocenters. The van der Waals surface area contributed by atoms with E-state index in [1.807, 2.05) is 67.6 Å². The molecule has 1 N–H and O–H groups in total. The zero-order valence-electron chi connectivity index (χ0n) is 14.1. The first-order valence-corrected chi connectivity index (χ1v) is 8.69. The van der Waals surface area contributed by atoms with Crippen molar-refractivity contribution in [2.75, 3.05) is 6.54 Å². The predicted octanol–water partition coefficient (Wildman–Crippen LogP) is 3.73. The number of carbonyl (C=O) groups is 1. The van der Waals surface area contributed by atoms with Crippen LogP contribution in [0.4, 0.5) is 0 Å². The highest BCUT2D eigenvalue weighted by Gasteiger charge is 2.29. The maximum Gasteiger partial charge on any atom is 0.276 e. The summed E-state index contributed by atoms with van der Waals surface area (Å²) >= 11 is 5.21. The first-order valence-electron chi connectivity index (χ1n) is 8.28. The summed E-state index contributed by atoms with van der Waals surface area (Å²) in [5, 5.41) is 3.46. The van der Waals surface area contributed by atoms with Crippen molar-refractivity contribution in [1.82, 2.24) is 10.2 Å². The van der Waals surface area contributed by atoms with Crippen LogP contribution in [0, 0.1) is 0 Å². The summed E-state index contributed by atoms with van der Waals surface area (Å²) in [6.45, 7) is 3.18. The predicted molar refractivity (Wildman–Crippen MR) is 103 cm³/mol. The van der Waals surface area contributed by atoms with Gasteiger partial charge in [-0.2, -0.15) is 0 Å². The van der Waals surface area contributed by atoms with E-state index in [4.69, 9.17) is 17.0 Å². The van der Waals surface area contributed by atoms with E-state index >= 15 is 0 Å². The zero-order valence-corrected chi connectivity index (χ0v) is 14.9. The second-order valence-electron chi connectivity index (χ2n) is 5.79. The second-order valence-corrected chi connectivity index (χ2v) is 6.17. The molecule has 0 saturated carbocycles. The first-order chi connectivity index (χ1) is 12.2. The molecule has 4 nitrogen and oxygen atoms in total.